The fourth-order valence-electron chi connectivity index (χ4n) is 0.894. The van der Waals surface area contributed by atoms with Crippen LogP contribution in [0.5, 0.6) is 0 Å². The van der Waals surface area contributed by atoms with Crippen molar-refractivity contribution in [2.24, 2.45) is 5.73 Å². The second-order valence-corrected chi connectivity index (χ2v) is 3.78. The molecule has 1 aromatic heterocycles. The molecule has 0 spiro atoms. The summed E-state index contributed by atoms with van der Waals surface area (Å²) < 4.78 is 4.60. The van der Waals surface area contributed by atoms with Crippen LogP contribution in [0.2, 0.25) is 0 Å². The van der Waals surface area contributed by atoms with Crippen LogP contribution >= 0.6 is 23.7 Å². The van der Waals surface area contributed by atoms with Crippen LogP contribution in [0.15, 0.2) is 0 Å². The first kappa shape index (κ1) is 13.4. The molecule has 0 aromatic carbocycles. The number of aromatic nitrogens is 1. The molecule has 1 unspecified atom stereocenters. The van der Waals surface area contributed by atoms with Crippen molar-refractivity contribution in [3.63, 3.8) is 0 Å². The van der Waals surface area contributed by atoms with Crippen LogP contribution in [0.25, 0.3) is 0 Å². The highest BCUT2D eigenvalue weighted by molar-refractivity contribution is 7.13. The Morgan fingerprint density at radius 3 is 2.57 bits per heavy atom. The Balaban J connectivity index is 0.00000169. The summed E-state index contributed by atoms with van der Waals surface area (Å²) in [6, 6.07) is -0.137. The van der Waals surface area contributed by atoms with Gasteiger partial charge in [0.05, 0.1) is 18.8 Å². The lowest BCUT2D eigenvalue weighted by atomic mass is 10.4. The first-order valence-corrected chi connectivity index (χ1v) is 4.69. The van der Waals surface area contributed by atoms with Gasteiger partial charge in [0.15, 0.2) is 0 Å². The first-order chi connectivity index (χ1) is 6.06. The largest absolute Gasteiger partial charge is 0.465 e. The molecule has 1 atom stereocenters. The number of nitrogens with two attached hydrogens (primary N) is 1. The van der Waals surface area contributed by atoms with Gasteiger partial charge in [0.2, 0.25) is 0 Å². The quantitative estimate of drug-likeness (QED) is 0.794. The van der Waals surface area contributed by atoms with Crippen molar-refractivity contribution in [2.75, 3.05) is 7.11 Å². The number of esters is 1. The van der Waals surface area contributed by atoms with Gasteiger partial charge in [0.25, 0.3) is 0 Å². The molecule has 2 N–H and O–H groups in total. The van der Waals surface area contributed by atoms with E-state index in [1.807, 2.05) is 6.92 Å². The number of methoxy groups -OCH3 is 1. The Bertz CT molecular complexity index is 325. The lowest BCUT2D eigenvalue weighted by Gasteiger charge is -1.96. The number of ether oxygens (including phenoxy) is 1. The molecule has 6 heteroatoms. The number of hydrogen-bond acceptors (Lipinski definition) is 5. The second-order valence-electron chi connectivity index (χ2n) is 2.75. The minimum absolute atomic E-state index is 0. The molecular weight excluding hydrogens is 224 g/mol. The van der Waals surface area contributed by atoms with Crippen molar-refractivity contribution in [1.82, 2.24) is 4.98 Å². The van der Waals surface area contributed by atoms with E-state index >= 15 is 0 Å². The number of carbonyl (C=O) groups excluding carboxylic acids is 1. The van der Waals surface area contributed by atoms with Crippen LogP contribution in [0.4, 0.5) is 0 Å². The number of nitrogens with zero attached hydrogens (tertiary/aromatic N) is 1. The van der Waals surface area contributed by atoms with Crippen LogP contribution < -0.4 is 5.73 Å². The highest BCUT2D eigenvalue weighted by Gasteiger charge is 2.16. The highest BCUT2D eigenvalue weighted by atomic mass is 35.5. The van der Waals surface area contributed by atoms with Crippen LogP contribution in [-0.2, 0) is 4.74 Å². The Hall–Kier alpha value is -0.650. The molecule has 0 saturated heterocycles. The third kappa shape index (κ3) is 2.67. The van der Waals surface area contributed by atoms with Gasteiger partial charge in [-0.25, -0.2) is 9.78 Å². The van der Waals surface area contributed by atoms with Gasteiger partial charge in [0, 0.05) is 0 Å². The molecule has 0 aliphatic heterocycles. The number of carbonyl (C=O) groups is 1. The van der Waals surface area contributed by atoms with Crippen molar-refractivity contribution in [3.8, 4) is 0 Å². The molecule has 1 heterocycles. The first-order valence-electron chi connectivity index (χ1n) is 3.87. The van der Waals surface area contributed by atoms with Gasteiger partial charge in [-0.1, -0.05) is 0 Å². The zero-order chi connectivity index (χ0) is 10.0. The number of thiazole rings is 1. The van der Waals surface area contributed by atoms with E-state index in [9.17, 15) is 4.79 Å². The molecule has 0 aliphatic carbocycles. The number of hydrogen-bond donors (Lipinski definition) is 1. The molecule has 0 amide bonds. The van der Waals surface area contributed by atoms with Crippen molar-refractivity contribution in [3.05, 3.63) is 15.6 Å². The second kappa shape index (κ2) is 5.29. The summed E-state index contributed by atoms with van der Waals surface area (Å²) >= 11 is 1.29. The zero-order valence-corrected chi connectivity index (χ0v) is 9.87. The molecule has 0 radical (unpaired) electrons. The van der Waals surface area contributed by atoms with Crippen molar-refractivity contribution in [1.29, 1.82) is 0 Å². The van der Waals surface area contributed by atoms with Crippen molar-refractivity contribution in [2.45, 2.75) is 19.9 Å². The molecule has 0 bridgehead atoms. The lowest BCUT2D eigenvalue weighted by Crippen LogP contribution is -2.03. The smallest absolute Gasteiger partial charge is 0.349 e. The standard InChI is InChI=1S/C8H12N2O2S.ClH/c1-4(9)7-10-5(2)6(13-7)8(11)12-3;/h4H,9H2,1-3H3;1H. The Morgan fingerprint density at radius 1 is 1.64 bits per heavy atom. The predicted octanol–water partition coefficient (Wildman–Crippen LogP) is 1.68. The predicted molar refractivity (Wildman–Crippen MR) is 58.0 cm³/mol. The Morgan fingerprint density at radius 2 is 2.21 bits per heavy atom. The van der Waals surface area contributed by atoms with Crippen molar-refractivity contribution >= 4 is 29.7 Å². The SMILES string of the molecule is COC(=O)c1sc(C(C)N)nc1C.Cl. The van der Waals surface area contributed by atoms with E-state index in [2.05, 4.69) is 9.72 Å². The summed E-state index contributed by atoms with van der Waals surface area (Å²) in [5.74, 6) is -0.345. The summed E-state index contributed by atoms with van der Waals surface area (Å²) in [5, 5.41) is 0.762. The maximum atomic E-state index is 11.2. The van der Waals surface area contributed by atoms with Gasteiger partial charge in [-0.3, -0.25) is 0 Å². The van der Waals surface area contributed by atoms with E-state index in [-0.39, 0.29) is 24.4 Å². The maximum Gasteiger partial charge on any atom is 0.349 e. The molecule has 1 aromatic rings. The highest BCUT2D eigenvalue weighted by Crippen LogP contribution is 2.22. The minimum atomic E-state index is -0.345. The summed E-state index contributed by atoms with van der Waals surface area (Å²) in [6.07, 6.45) is 0. The van der Waals surface area contributed by atoms with E-state index in [4.69, 9.17) is 5.73 Å². The van der Waals surface area contributed by atoms with Crippen LogP contribution in [0, 0.1) is 6.92 Å². The van der Waals surface area contributed by atoms with Crippen LogP contribution in [-0.4, -0.2) is 18.1 Å². The van der Waals surface area contributed by atoms with E-state index in [1.165, 1.54) is 18.4 Å². The summed E-state index contributed by atoms with van der Waals surface area (Å²) in [6.45, 7) is 3.61. The Kier molecular flexibility index (Phi) is 5.04. The van der Waals surface area contributed by atoms with E-state index < -0.39 is 0 Å². The molecular formula is C8H13ClN2O2S. The lowest BCUT2D eigenvalue weighted by molar-refractivity contribution is 0.0605. The van der Waals surface area contributed by atoms with E-state index in [0.717, 1.165) is 5.01 Å². The summed E-state index contributed by atoms with van der Waals surface area (Å²) in [5.41, 5.74) is 6.32. The Labute approximate surface area is 92.9 Å². The van der Waals surface area contributed by atoms with Crippen LogP contribution in [0.1, 0.15) is 33.3 Å². The van der Waals surface area contributed by atoms with Gasteiger partial charge in [-0.15, -0.1) is 23.7 Å². The minimum Gasteiger partial charge on any atom is -0.465 e. The molecule has 4 nitrogen and oxygen atoms in total. The van der Waals surface area contributed by atoms with Gasteiger partial charge >= 0.3 is 5.97 Å². The fraction of sp³-hybridized carbons (Fsp3) is 0.500. The average Bonchev–Trinajstić information content (AvgIpc) is 2.46. The van der Waals surface area contributed by atoms with Gasteiger partial charge in [-0.2, -0.15) is 0 Å². The average molecular weight is 237 g/mol. The number of halogens is 1. The maximum absolute atomic E-state index is 11.2. The zero-order valence-electron chi connectivity index (χ0n) is 8.23. The monoisotopic (exact) mass is 236 g/mol. The summed E-state index contributed by atoms with van der Waals surface area (Å²) in [4.78, 5) is 15.9. The van der Waals surface area contributed by atoms with Gasteiger partial charge in [-0.05, 0) is 13.8 Å². The van der Waals surface area contributed by atoms with E-state index in [0.29, 0.717) is 10.6 Å². The molecule has 0 fully saturated rings. The fourth-order valence-corrected chi connectivity index (χ4v) is 1.83. The third-order valence-corrected chi connectivity index (χ3v) is 2.91. The topological polar surface area (TPSA) is 65.2 Å². The molecule has 0 aliphatic rings. The van der Waals surface area contributed by atoms with Gasteiger partial charge in [0.1, 0.15) is 9.88 Å². The van der Waals surface area contributed by atoms with Gasteiger partial charge < -0.3 is 10.5 Å². The van der Waals surface area contributed by atoms with Crippen LogP contribution in [0.3, 0.4) is 0 Å². The normalized spacial score (nSPS) is 11.7. The number of aryl methyl sites for hydroxylation is 1. The molecule has 0 saturated carbocycles. The van der Waals surface area contributed by atoms with E-state index in [1.54, 1.807) is 6.92 Å². The molecule has 1 rings (SSSR count). The van der Waals surface area contributed by atoms with Crippen molar-refractivity contribution < 1.29 is 9.53 Å². The number of rotatable bonds is 2. The third-order valence-electron chi connectivity index (χ3n) is 1.57. The summed E-state index contributed by atoms with van der Waals surface area (Å²) in [7, 11) is 1.35. The molecule has 80 valence electrons. The molecule has 14 heavy (non-hydrogen) atoms.